The molecule has 2 amide bonds. The minimum atomic E-state index is -0.105. The van der Waals surface area contributed by atoms with Crippen LogP contribution in [0.2, 0.25) is 0 Å². The number of aryl methyl sites for hydroxylation is 1. The molecule has 130 valence electrons. The molecule has 0 saturated carbocycles. The lowest BCUT2D eigenvalue weighted by Crippen LogP contribution is -2.55. The van der Waals surface area contributed by atoms with Crippen LogP contribution >= 0.6 is 0 Å². The van der Waals surface area contributed by atoms with E-state index in [0.717, 1.165) is 37.9 Å². The lowest BCUT2D eigenvalue weighted by atomic mass is 9.73. The van der Waals surface area contributed by atoms with Crippen LogP contribution in [0, 0.1) is 12.3 Å². The molecule has 1 aromatic rings. The van der Waals surface area contributed by atoms with Gasteiger partial charge in [-0.05, 0) is 50.8 Å². The second-order valence-electron chi connectivity index (χ2n) is 7.26. The second-order valence-corrected chi connectivity index (χ2v) is 7.26. The van der Waals surface area contributed by atoms with E-state index >= 15 is 0 Å². The standard InChI is InChI=1S/C19H26N2O3/c1-3-20-12-19(9-7-17(20)23)8-4-10-21(13-19)18(24)15-6-5-14(2)11-16(15)22/h5-6,11,22H,3-4,7-10,12-13H2,1-2H3/t19-/m1/s1. The molecule has 24 heavy (non-hydrogen) atoms. The van der Waals surface area contributed by atoms with Gasteiger partial charge in [0.1, 0.15) is 5.75 Å². The molecule has 2 aliphatic rings. The van der Waals surface area contributed by atoms with Crippen LogP contribution in [-0.4, -0.2) is 52.9 Å². The van der Waals surface area contributed by atoms with Crippen molar-refractivity contribution in [1.29, 1.82) is 0 Å². The Kier molecular flexibility index (Phi) is 4.52. The first-order valence-corrected chi connectivity index (χ1v) is 8.81. The maximum Gasteiger partial charge on any atom is 0.257 e. The molecule has 1 aromatic carbocycles. The molecule has 0 aromatic heterocycles. The van der Waals surface area contributed by atoms with Crippen molar-refractivity contribution in [2.24, 2.45) is 5.41 Å². The number of hydrogen-bond donors (Lipinski definition) is 1. The summed E-state index contributed by atoms with van der Waals surface area (Å²) in [6.45, 7) is 6.76. The van der Waals surface area contributed by atoms with Crippen molar-refractivity contribution in [3.63, 3.8) is 0 Å². The van der Waals surface area contributed by atoms with E-state index in [-0.39, 0.29) is 23.0 Å². The first kappa shape index (κ1) is 16.8. The third kappa shape index (κ3) is 3.12. The number of rotatable bonds is 2. The van der Waals surface area contributed by atoms with Gasteiger partial charge >= 0.3 is 0 Å². The SMILES string of the molecule is CCN1C[C@@]2(CCCN(C(=O)c3ccc(C)cc3O)C2)CCC1=O. The Morgan fingerprint density at radius 3 is 2.79 bits per heavy atom. The van der Waals surface area contributed by atoms with Crippen LogP contribution < -0.4 is 0 Å². The zero-order valence-corrected chi connectivity index (χ0v) is 14.5. The number of amides is 2. The molecule has 5 heteroatoms. The molecular formula is C19H26N2O3. The van der Waals surface area contributed by atoms with Crippen LogP contribution in [0.3, 0.4) is 0 Å². The van der Waals surface area contributed by atoms with Crippen molar-refractivity contribution in [3.8, 4) is 5.75 Å². The summed E-state index contributed by atoms with van der Waals surface area (Å²) in [6.07, 6.45) is 3.43. The Bertz CT molecular complexity index is 658. The van der Waals surface area contributed by atoms with Gasteiger partial charge in [-0.2, -0.15) is 0 Å². The second kappa shape index (κ2) is 6.46. The molecule has 5 nitrogen and oxygen atoms in total. The number of phenols is 1. The lowest BCUT2D eigenvalue weighted by Gasteiger charge is -2.48. The smallest absolute Gasteiger partial charge is 0.257 e. The molecule has 0 unspecified atom stereocenters. The molecule has 1 spiro atoms. The van der Waals surface area contributed by atoms with E-state index in [0.29, 0.717) is 25.1 Å². The van der Waals surface area contributed by atoms with E-state index in [2.05, 4.69) is 0 Å². The molecule has 1 N–H and O–H groups in total. The molecule has 0 aliphatic carbocycles. The molecule has 2 fully saturated rings. The van der Waals surface area contributed by atoms with E-state index in [1.54, 1.807) is 12.1 Å². The number of likely N-dealkylation sites (tertiary alicyclic amines) is 2. The van der Waals surface area contributed by atoms with Gasteiger partial charge in [-0.1, -0.05) is 6.07 Å². The van der Waals surface area contributed by atoms with E-state index in [9.17, 15) is 14.7 Å². The molecule has 1 atom stereocenters. The predicted octanol–water partition coefficient (Wildman–Crippen LogP) is 2.57. The predicted molar refractivity (Wildman–Crippen MR) is 91.9 cm³/mol. The fourth-order valence-electron chi connectivity index (χ4n) is 4.10. The fraction of sp³-hybridized carbons (Fsp3) is 0.579. The van der Waals surface area contributed by atoms with Crippen LogP contribution in [0.5, 0.6) is 5.75 Å². The first-order chi connectivity index (χ1) is 11.4. The summed E-state index contributed by atoms with van der Waals surface area (Å²) < 4.78 is 0. The highest BCUT2D eigenvalue weighted by Gasteiger charge is 2.42. The van der Waals surface area contributed by atoms with Gasteiger partial charge in [-0.15, -0.1) is 0 Å². The van der Waals surface area contributed by atoms with Gasteiger partial charge in [0.05, 0.1) is 5.56 Å². The van der Waals surface area contributed by atoms with Gasteiger partial charge in [0.15, 0.2) is 0 Å². The maximum absolute atomic E-state index is 12.9. The highest BCUT2D eigenvalue weighted by atomic mass is 16.3. The largest absolute Gasteiger partial charge is 0.507 e. The van der Waals surface area contributed by atoms with Crippen LogP contribution in [0.1, 0.15) is 48.5 Å². The van der Waals surface area contributed by atoms with E-state index in [4.69, 9.17) is 0 Å². The zero-order chi connectivity index (χ0) is 17.3. The van der Waals surface area contributed by atoms with Gasteiger partial charge in [0, 0.05) is 38.0 Å². The van der Waals surface area contributed by atoms with Crippen molar-refractivity contribution in [2.45, 2.75) is 39.5 Å². The quantitative estimate of drug-likeness (QED) is 0.906. The zero-order valence-electron chi connectivity index (χ0n) is 14.5. The Hall–Kier alpha value is -2.04. The Labute approximate surface area is 143 Å². The molecule has 2 aliphatic heterocycles. The van der Waals surface area contributed by atoms with Gasteiger partial charge in [-0.25, -0.2) is 0 Å². The Morgan fingerprint density at radius 2 is 2.08 bits per heavy atom. The summed E-state index contributed by atoms with van der Waals surface area (Å²) in [5.74, 6) is 0.169. The van der Waals surface area contributed by atoms with Crippen molar-refractivity contribution in [1.82, 2.24) is 9.80 Å². The molecule has 2 heterocycles. The molecule has 2 saturated heterocycles. The average molecular weight is 330 g/mol. The monoisotopic (exact) mass is 330 g/mol. The van der Waals surface area contributed by atoms with Crippen LogP contribution in [0.15, 0.2) is 18.2 Å². The summed E-state index contributed by atoms with van der Waals surface area (Å²) in [4.78, 5) is 28.6. The van der Waals surface area contributed by atoms with Crippen molar-refractivity contribution >= 4 is 11.8 Å². The summed E-state index contributed by atoms with van der Waals surface area (Å²) in [5.41, 5.74) is 1.32. The summed E-state index contributed by atoms with van der Waals surface area (Å²) in [7, 11) is 0. The minimum Gasteiger partial charge on any atom is -0.507 e. The minimum absolute atomic E-state index is 0.0120. The third-order valence-corrected chi connectivity index (χ3v) is 5.46. The molecule has 0 radical (unpaired) electrons. The maximum atomic E-state index is 12.9. The topological polar surface area (TPSA) is 60.9 Å². The van der Waals surface area contributed by atoms with Crippen LogP contribution in [-0.2, 0) is 4.79 Å². The van der Waals surface area contributed by atoms with Crippen LogP contribution in [0.4, 0.5) is 0 Å². The Balaban J connectivity index is 1.78. The first-order valence-electron chi connectivity index (χ1n) is 8.81. The molecular weight excluding hydrogens is 304 g/mol. The highest BCUT2D eigenvalue weighted by molar-refractivity contribution is 5.97. The summed E-state index contributed by atoms with van der Waals surface area (Å²) in [5, 5.41) is 10.1. The number of hydrogen-bond acceptors (Lipinski definition) is 3. The van der Waals surface area contributed by atoms with E-state index in [1.165, 1.54) is 0 Å². The van der Waals surface area contributed by atoms with Crippen LogP contribution in [0.25, 0.3) is 0 Å². The van der Waals surface area contributed by atoms with Crippen molar-refractivity contribution < 1.29 is 14.7 Å². The van der Waals surface area contributed by atoms with Crippen molar-refractivity contribution in [2.75, 3.05) is 26.2 Å². The van der Waals surface area contributed by atoms with Crippen molar-refractivity contribution in [3.05, 3.63) is 29.3 Å². The van der Waals surface area contributed by atoms with Gasteiger partial charge < -0.3 is 14.9 Å². The fourth-order valence-corrected chi connectivity index (χ4v) is 4.10. The van der Waals surface area contributed by atoms with Gasteiger partial charge in [0.2, 0.25) is 5.91 Å². The summed E-state index contributed by atoms with van der Waals surface area (Å²) in [6, 6.07) is 5.19. The molecule has 0 bridgehead atoms. The number of phenolic OH excluding ortho intramolecular Hbond substituents is 1. The van der Waals surface area contributed by atoms with E-state index in [1.807, 2.05) is 29.7 Å². The van der Waals surface area contributed by atoms with Gasteiger partial charge in [-0.3, -0.25) is 9.59 Å². The number of benzene rings is 1. The third-order valence-electron chi connectivity index (χ3n) is 5.46. The number of aromatic hydroxyl groups is 1. The lowest BCUT2D eigenvalue weighted by molar-refractivity contribution is -0.138. The van der Waals surface area contributed by atoms with Gasteiger partial charge in [0.25, 0.3) is 5.91 Å². The summed E-state index contributed by atoms with van der Waals surface area (Å²) >= 11 is 0. The number of nitrogens with zero attached hydrogens (tertiary/aromatic N) is 2. The normalized spacial score (nSPS) is 24.5. The Morgan fingerprint density at radius 1 is 1.29 bits per heavy atom. The number of carbonyl (C=O) groups excluding carboxylic acids is 2. The number of carbonyl (C=O) groups is 2. The highest BCUT2D eigenvalue weighted by Crippen LogP contribution is 2.39. The average Bonchev–Trinajstić information content (AvgIpc) is 2.57. The number of piperidine rings is 2. The molecule has 3 rings (SSSR count). The van der Waals surface area contributed by atoms with E-state index < -0.39 is 0 Å².